The minimum Gasteiger partial charge on any atom is -0.329 e. The lowest BCUT2D eigenvalue weighted by atomic mass is 10.2. The van der Waals surface area contributed by atoms with Crippen molar-refractivity contribution in [2.24, 2.45) is 11.7 Å². The van der Waals surface area contributed by atoms with Gasteiger partial charge in [0.2, 0.25) is 0 Å². The quantitative estimate of drug-likeness (QED) is 0.852. The van der Waals surface area contributed by atoms with Crippen molar-refractivity contribution in [1.82, 2.24) is 0 Å². The molecule has 2 N–H and O–H groups in total. The van der Waals surface area contributed by atoms with Crippen LogP contribution in [0.5, 0.6) is 0 Å². The average molecular weight is 225 g/mol. The van der Waals surface area contributed by atoms with Crippen LogP contribution >= 0.6 is 11.8 Å². The van der Waals surface area contributed by atoms with E-state index in [0.29, 0.717) is 6.54 Å². The number of nitrogens with two attached hydrogens (primary N) is 1. The highest BCUT2D eigenvalue weighted by atomic mass is 32.2. The molecular formula is C12H16FNS. The highest BCUT2D eigenvalue weighted by Crippen LogP contribution is 2.57. The molecule has 0 heterocycles. The van der Waals surface area contributed by atoms with E-state index in [1.807, 2.05) is 12.1 Å². The van der Waals surface area contributed by atoms with Crippen LogP contribution in [0, 0.1) is 11.7 Å². The fraction of sp³-hybridized carbons (Fsp3) is 0.500. The SMILES string of the molecule is CCC1CC1(CN)Sc1ccc(F)cc1. The summed E-state index contributed by atoms with van der Waals surface area (Å²) >= 11 is 1.81. The molecule has 2 unspecified atom stereocenters. The van der Waals surface area contributed by atoms with Crippen LogP contribution in [0.1, 0.15) is 19.8 Å². The zero-order valence-corrected chi connectivity index (χ0v) is 9.69. The lowest BCUT2D eigenvalue weighted by molar-refractivity contribution is 0.626. The second-order valence-corrected chi connectivity index (χ2v) is 5.62. The van der Waals surface area contributed by atoms with Gasteiger partial charge in [-0.05, 0) is 36.6 Å². The van der Waals surface area contributed by atoms with Crippen molar-refractivity contribution >= 4 is 11.8 Å². The monoisotopic (exact) mass is 225 g/mol. The molecule has 0 saturated heterocycles. The van der Waals surface area contributed by atoms with E-state index < -0.39 is 0 Å². The summed E-state index contributed by atoms with van der Waals surface area (Å²) in [7, 11) is 0. The predicted octanol–water partition coefficient (Wildman–Crippen LogP) is 3.05. The summed E-state index contributed by atoms with van der Waals surface area (Å²) < 4.78 is 13.0. The number of halogens is 1. The van der Waals surface area contributed by atoms with Gasteiger partial charge in [0.25, 0.3) is 0 Å². The Kier molecular flexibility index (Phi) is 3.03. The first-order valence-corrected chi connectivity index (χ1v) is 6.16. The van der Waals surface area contributed by atoms with Gasteiger partial charge in [0, 0.05) is 16.2 Å². The summed E-state index contributed by atoms with van der Waals surface area (Å²) in [6.07, 6.45) is 2.38. The van der Waals surface area contributed by atoms with E-state index in [0.717, 1.165) is 10.8 Å². The van der Waals surface area contributed by atoms with Gasteiger partial charge in [0.15, 0.2) is 0 Å². The minimum absolute atomic E-state index is 0.177. The molecule has 1 fully saturated rings. The van der Waals surface area contributed by atoms with Gasteiger partial charge in [-0.2, -0.15) is 0 Å². The Morgan fingerprint density at radius 1 is 1.47 bits per heavy atom. The third kappa shape index (κ3) is 2.18. The van der Waals surface area contributed by atoms with Gasteiger partial charge in [-0.25, -0.2) is 4.39 Å². The maximum Gasteiger partial charge on any atom is 0.123 e. The van der Waals surface area contributed by atoms with E-state index in [2.05, 4.69) is 6.92 Å². The first-order chi connectivity index (χ1) is 7.20. The van der Waals surface area contributed by atoms with Gasteiger partial charge >= 0.3 is 0 Å². The molecule has 1 aromatic carbocycles. The van der Waals surface area contributed by atoms with Crippen LogP contribution in [0.25, 0.3) is 0 Å². The lowest BCUT2D eigenvalue weighted by Crippen LogP contribution is -2.20. The van der Waals surface area contributed by atoms with Crippen LogP contribution in [0.3, 0.4) is 0 Å². The largest absolute Gasteiger partial charge is 0.329 e. The number of thioether (sulfide) groups is 1. The van der Waals surface area contributed by atoms with E-state index in [1.165, 1.54) is 25.0 Å². The molecule has 0 aromatic heterocycles. The second-order valence-electron chi connectivity index (χ2n) is 4.13. The van der Waals surface area contributed by atoms with E-state index in [1.54, 1.807) is 11.8 Å². The molecule has 82 valence electrons. The predicted molar refractivity (Wildman–Crippen MR) is 62.4 cm³/mol. The molecule has 3 heteroatoms. The summed E-state index contributed by atoms with van der Waals surface area (Å²) in [6, 6.07) is 6.69. The standard InChI is InChI=1S/C12H16FNS/c1-2-9-7-12(9,8-14)15-11-5-3-10(13)4-6-11/h3-6,9H,2,7-8,14H2,1H3. The molecule has 15 heavy (non-hydrogen) atoms. The average Bonchev–Trinajstić information content (AvgIpc) is 2.96. The number of rotatable bonds is 4. The van der Waals surface area contributed by atoms with E-state index >= 15 is 0 Å². The molecular weight excluding hydrogens is 209 g/mol. The highest BCUT2D eigenvalue weighted by Gasteiger charge is 2.52. The first kappa shape index (κ1) is 11.0. The molecule has 2 rings (SSSR count). The Labute approximate surface area is 94.2 Å². The van der Waals surface area contributed by atoms with Gasteiger partial charge in [-0.15, -0.1) is 11.8 Å². The molecule has 1 aliphatic rings. The lowest BCUT2D eigenvalue weighted by Gasteiger charge is -2.14. The summed E-state index contributed by atoms with van der Waals surface area (Å²) in [5, 5.41) is 0. The third-order valence-corrected chi connectivity index (χ3v) is 4.73. The van der Waals surface area contributed by atoms with Crippen molar-refractivity contribution in [2.45, 2.75) is 29.4 Å². The molecule has 0 spiro atoms. The van der Waals surface area contributed by atoms with Crippen molar-refractivity contribution in [3.8, 4) is 0 Å². The summed E-state index contributed by atoms with van der Waals surface area (Å²) in [6.45, 7) is 2.92. The van der Waals surface area contributed by atoms with Crippen molar-refractivity contribution in [1.29, 1.82) is 0 Å². The smallest absolute Gasteiger partial charge is 0.123 e. The fourth-order valence-electron chi connectivity index (χ4n) is 2.03. The summed E-state index contributed by atoms with van der Waals surface area (Å²) in [5.41, 5.74) is 5.82. The summed E-state index contributed by atoms with van der Waals surface area (Å²) in [4.78, 5) is 1.12. The normalized spacial score (nSPS) is 29.1. The maximum absolute atomic E-state index is 12.7. The van der Waals surface area contributed by atoms with Crippen LogP contribution in [0.2, 0.25) is 0 Å². The van der Waals surface area contributed by atoms with Gasteiger partial charge in [0.05, 0.1) is 0 Å². The number of hydrogen-bond acceptors (Lipinski definition) is 2. The van der Waals surface area contributed by atoms with Crippen molar-refractivity contribution < 1.29 is 4.39 Å². The van der Waals surface area contributed by atoms with E-state index in [4.69, 9.17) is 5.73 Å². The molecule has 1 aliphatic carbocycles. The van der Waals surface area contributed by atoms with Gasteiger partial charge in [-0.1, -0.05) is 13.3 Å². The van der Waals surface area contributed by atoms with Gasteiger partial charge < -0.3 is 5.73 Å². The van der Waals surface area contributed by atoms with Crippen LogP contribution in [-0.4, -0.2) is 11.3 Å². The number of benzene rings is 1. The summed E-state index contributed by atoms with van der Waals surface area (Å²) in [5.74, 6) is 0.557. The molecule has 1 nitrogen and oxygen atoms in total. The Hall–Kier alpha value is -0.540. The zero-order chi connectivity index (χ0) is 10.9. The Balaban J connectivity index is 2.05. The number of hydrogen-bond donors (Lipinski definition) is 1. The van der Waals surface area contributed by atoms with Crippen molar-refractivity contribution in [3.63, 3.8) is 0 Å². The molecule has 0 aliphatic heterocycles. The molecule has 1 saturated carbocycles. The zero-order valence-electron chi connectivity index (χ0n) is 8.87. The van der Waals surface area contributed by atoms with Crippen molar-refractivity contribution in [3.05, 3.63) is 30.1 Å². The second kappa shape index (κ2) is 4.14. The molecule has 2 atom stereocenters. The third-order valence-electron chi connectivity index (χ3n) is 3.15. The fourth-order valence-corrected chi connectivity index (χ4v) is 3.47. The van der Waals surface area contributed by atoms with Crippen LogP contribution in [0.15, 0.2) is 29.2 Å². The van der Waals surface area contributed by atoms with Gasteiger partial charge in [-0.3, -0.25) is 0 Å². The molecule has 0 amide bonds. The minimum atomic E-state index is -0.177. The topological polar surface area (TPSA) is 26.0 Å². The highest BCUT2D eigenvalue weighted by molar-refractivity contribution is 8.01. The first-order valence-electron chi connectivity index (χ1n) is 5.35. The van der Waals surface area contributed by atoms with Gasteiger partial charge in [0.1, 0.15) is 5.82 Å². The van der Waals surface area contributed by atoms with E-state index in [-0.39, 0.29) is 10.6 Å². The molecule has 1 aromatic rings. The molecule has 0 radical (unpaired) electrons. The Morgan fingerprint density at radius 3 is 2.60 bits per heavy atom. The van der Waals surface area contributed by atoms with Crippen LogP contribution in [-0.2, 0) is 0 Å². The molecule has 0 bridgehead atoms. The maximum atomic E-state index is 12.7. The Bertz CT molecular complexity index is 338. The Morgan fingerprint density at radius 2 is 2.13 bits per heavy atom. The van der Waals surface area contributed by atoms with Crippen LogP contribution in [0.4, 0.5) is 4.39 Å². The van der Waals surface area contributed by atoms with Crippen LogP contribution < -0.4 is 5.73 Å². The van der Waals surface area contributed by atoms with Crippen molar-refractivity contribution in [2.75, 3.05) is 6.54 Å². The van der Waals surface area contributed by atoms with E-state index in [9.17, 15) is 4.39 Å².